The molecule has 2 aromatic carbocycles. The molecular formula is C20H22O. The fourth-order valence-electron chi connectivity index (χ4n) is 4.33. The normalized spacial score (nSPS) is 29.0. The van der Waals surface area contributed by atoms with E-state index in [2.05, 4.69) is 48.5 Å². The van der Waals surface area contributed by atoms with E-state index in [1.807, 2.05) is 0 Å². The van der Waals surface area contributed by atoms with Crippen LogP contribution in [0.1, 0.15) is 43.6 Å². The van der Waals surface area contributed by atoms with Crippen LogP contribution in [0.4, 0.5) is 0 Å². The Hall–Kier alpha value is -1.60. The van der Waals surface area contributed by atoms with E-state index in [0.717, 1.165) is 12.8 Å². The van der Waals surface area contributed by atoms with E-state index in [1.54, 1.807) is 0 Å². The molecule has 21 heavy (non-hydrogen) atoms. The Labute approximate surface area is 126 Å². The Morgan fingerprint density at radius 2 is 1.76 bits per heavy atom. The zero-order valence-electron chi connectivity index (χ0n) is 12.3. The van der Waals surface area contributed by atoms with Crippen molar-refractivity contribution in [2.75, 3.05) is 0 Å². The highest BCUT2D eigenvalue weighted by molar-refractivity contribution is 5.86. The van der Waals surface area contributed by atoms with Crippen LogP contribution in [0.5, 0.6) is 0 Å². The summed E-state index contributed by atoms with van der Waals surface area (Å²) in [7, 11) is 0. The number of hydrogen-bond acceptors (Lipinski definition) is 1. The molecule has 2 aliphatic carbocycles. The first-order chi connectivity index (χ1) is 10.3. The molecule has 1 saturated carbocycles. The molecular weight excluding hydrogens is 256 g/mol. The first-order valence-electron chi connectivity index (χ1n) is 8.20. The lowest BCUT2D eigenvalue weighted by Gasteiger charge is -2.39. The number of allylic oxidation sites excluding steroid dienone is 1. The molecule has 2 unspecified atom stereocenters. The minimum Gasteiger partial charge on any atom is -0.392 e. The summed E-state index contributed by atoms with van der Waals surface area (Å²) in [5.41, 5.74) is 2.83. The molecule has 1 heteroatoms. The fraction of sp³-hybridized carbons (Fsp3) is 0.400. The van der Waals surface area contributed by atoms with Gasteiger partial charge in [-0.05, 0) is 54.4 Å². The molecule has 0 aliphatic heterocycles. The van der Waals surface area contributed by atoms with Crippen molar-refractivity contribution in [3.63, 3.8) is 0 Å². The Kier molecular flexibility index (Phi) is 3.31. The molecule has 2 aromatic rings. The highest BCUT2D eigenvalue weighted by atomic mass is 16.3. The van der Waals surface area contributed by atoms with Crippen molar-refractivity contribution < 1.29 is 5.11 Å². The average Bonchev–Trinajstić information content (AvgIpc) is 2.54. The SMILES string of the molecule is OC1CCC2CCCC=C2[C@H]1c1cccc2ccccc12. The molecule has 2 aliphatic rings. The van der Waals surface area contributed by atoms with E-state index >= 15 is 0 Å². The number of hydrogen-bond donors (Lipinski definition) is 1. The zero-order valence-corrected chi connectivity index (χ0v) is 12.3. The zero-order chi connectivity index (χ0) is 14.2. The van der Waals surface area contributed by atoms with Gasteiger partial charge in [-0.2, -0.15) is 0 Å². The van der Waals surface area contributed by atoms with E-state index in [9.17, 15) is 5.11 Å². The predicted molar refractivity (Wildman–Crippen MR) is 87.4 cm³/mol. The Morgan fingerprint density at radius 3 is 2.71 bits per heavy atom. The first-order valence-corrected chi connectivity index (χ1v) is 8.20. The van der Waals surface area contributed by atoms with E-state index in [1.165, 1.54) is 41.2 Å². The molecule has 0 amide bonds. The quantitative estimate of drug-likeness (QED) is 0.743. The summed E-state index contributed by atoms with van der Waals surface area (Å²) in [6.45, 7) is 0. The minimum atomic E-state index is -0.226. The van der Waals surface area contributed by atoms with Gasteiger partial charge in [0.25, 0.3) is 0 Å². The van der Waals surface area contributed by atoms with E-state index in [0.29, 0.717) is 5.92 Å². The maximum atomic E-state index is 10.7. The van der Waals surface area contributed by atoms with Gasteiger partial charge in [0.15, 0.2) is 0 Å². The lowest BCUT2D eigenvalue weighted by atomic mass is 9.68. The van der Waals surface area contributed by atoms with Gasteiger partial charge in [0, 0.05) is 5.92 Å². The third kappa shape index (κ3) is 2.20. The number of fused-ring (bicyclic) bond motifs is 2. The van der Waals surface area contributed by atoms with Crippen LogP contribution in [0.25, 0.3) is 10.8 Å². The van der Waals surface area contributed by atoms with Crippen LogP contribution < -0.4 is 0 Å². The van der Waals surface area contributed by atoms with Crippen molar-refractivity contribution >= 4 is 10.8 Å². The van der Waals surface area contributed by atoms with Gasteiger partial charge in [0.1, 0.15) is 0 Å². The molecule has 0 saturated heterocycles. The van der Waals surface area contributed by atoms with Crippen molar-refractivity contribution in [2.24, 2.45) is 5.92 Å². The smallest absolute Gasteiger partial charge is 0.0646 e. The van der Waals surface area contributed by atoms with Gasteiger partial charge in [-0.3, -0.25) is 0 Å². The Balaban J connectivity index is 1.87. The molecule has 1 nitrogen and oxygen atoms in total. The average molecular weight is 278 g/mol. The van der Waals surface area contributed by atoms with Crippen LogP contribution in [0.3, 0.4) is 0 Å². The summed E-state index contributed by atoms with van der Waals surface area (Å²) in [5.74, 6) is 0.904. The number of rotatable bonds is 1. The number of aliphatic hydroxyl groups is 1. The second-order valence-electron chi connectivity index (χ2n) is 6.52. The number of aliphatic hydroxyl groups excluding tert-OH is 1. The minimum absolute atomic E-state index is 0.204. The summed E-state index contributed by atoms with van der Waals surface area (Å²) in [5, 5.41) is 13.3. The van der Waals surface area contributed by atoms with E-state index < -0.39 is 0 Å². The van der Waals surface area contributed by atoms with Crippen molar-refractivity contribution in [2.45, 2.75) is 44.1 Å². The summed E-state index contributed by atoms with van der Waals surface area (Å²) < 4.78 is 0. The Morgan fingerprint density at radius 1 is 0.905 bits per heavy atom. The summed E-state index contributed by atoms with van der Waals surface area (Å²) in [4.78, 5) is 0. The van der Waals surface area contributed by atoms with Gasteiger partial charge in [-0.1, -0.05) is 54.1 Å². The largest absolute Gasteiger partial charge is 0.392 e. The highest BCUT2D eigenvalue weighted by Gasteiger charge is 2.36. The molecule has 108 valence electrons. The highest BCUT2D eigenvalue weighted by Crippen LogP contribution is 2.46. The van der Waals surface area contributed by atoms with Gasteiger partial charge in [0.05, 0.1) is 6.10 Å². The van der Waals surface area contributed by atoms with E-state index in [4.69, 9.17) is 0 Å². The van der Waals surface area contributed by atoms with Gasteiger partial charge < -0.3 is 5.11 Å². The Bertz CT molecular complexity index is 680. The van der Waals surface area contributed by atoms with Crippen LogP contribution in [0.15, 0.2) is 54.1 Å². The van der Waals surface area contributed by atoms with E-state index in [-0.39, 0.29) is 12.0 Å². The summed E-state index contributed by atoms with van der Waals surface area (Å²) in [6.07, 6.45) is 8.09. The van der Waals surface area contributed by atoms with Crippen molar-refractivity contribution in [1.29, 1.82) is 0 Å². The molecule has 1 fully saturated rings. The van der Waals surface area contributed by atoms with Gasteiger partial charge in [-0.15, -0.1) is 0 Å². The molecule has 0 bridgehead atoms. The van der Waals surface area contributed by atoms with Gasteiger partial charge in [-0.25, -0.2) is 0 Å². The molecule has 0 spiro atoms. The second kappa shape index (κ2) is 5.31. The van der Waals surface area contributed by atoms with Crippen molar-refractivity contribution in [3.8, 4) is 0 Å². The predicted octanol–water partition coefficient (Wildman–Crippen LogP) is 4.80. The molecule has 1 N–H and O–H groups in total. The van der Waals surface area contributed by atoms with Crippen LogP contribution >= 0.6 is 0 Å². The third-order valence-corrected chi connectivity index (χ3v) is 5.32. The fourth-order valence-corrected chi connectivity index (χ4v) is 4.33. The summed E-state index contributed by atoms with van der Waals surface area (Å²) in [6, 6.07) is 15.1. The second-order valence-corrected chi connectivity index (χ2v) is 6.52. The maximum absolute atomic E-state index is 10.7. The van der Waals surface area contributed by atoms with Crippen LogP contribution in [-0.2, 0) is 0 Å². The maximum Gasteiger partial charge on any atom is 0.0646 e. The third-order valence-electron chi connectivity index (χ3n) is 5.32. The monoisotopic (exact) mass is 278 g/mol. The van der Waals surface area contributed by atoms with Crippen LogP contribution in [0.2, 0.25) is 0 Å². The molecule has 0 heterocycles. The van der Waals surface area contributed by atoms with Crippen LogP contribution in [-0.4, -0.2) is 11.2 Å². The lowest BCUT2D eigenvalue weighted by molar-refractivity contribution is 0.111. The molecule has 0 aromatic heterocycles. The van der Waals surface area contributed by atoms with Gasteiger partial charge >= 0.3 is 0 Å². The summed E-state index contributed by atoms with van der Waals surface area (Å²) >= 11 is 0. The van der Waals surface area contributed by atoms with Crippen LogP contribution in [0, 0.1) is 5.92 Å². The molecule has 0 radical (unpaired) electrons. The molecule has 4 rings (SSSR count). The van der Waals surface area contributed by atoms with Crippen molar-refractivity contribution in [3.05, 3.63) is 59.7 Å². The lowest BCUT2D eigenvalue weighted by Crippen LogP contribution is -2.31. The van der Waals surface area contributed by atoms with Gasteiger partial charge in [0.2, 0.25) is 0 Å². The number of benzene rings is 2. The molecule has 3 atom stereocenters. The standard InChI is InChI=1S/C20H22O/c21-19-13-12-15-7-2-4-10-17(15)20(19)18-11-5-8-14-6-1-3-9-16(14)18/h1,3,5-6,8-11,15,19-21H,2,4,7,12-13H2/t15?,19?,20-/m0/s1. The topological polar surface area (TPSA) is 20.2 Å². The first kappa shape index (κ1) is 13.1. The van der Waals surface area contributed by atoms with Crippen molar-refractivity contribution in [1.82, 2.24) is 0 Å².